The number of carbonyl (C=O) groups is 1. The van der Waals surface area contributed by atoms with Gasteiger partial charge in [-0.15, -0.1) is 0 Å². The lowest BCUT2D eigenvalue weighted by atomic mass is 10.1. The van der Waals surface area contributed by atoms with Gasteiger partial charge in [0.2, 0.25) is 0 Å². The van der Waals surface area contributed by atoms with E-state index in [0.717, 1.165) is 12.8 Å². The van der Waals surface area contributed by atoms with E-state index >= 15 is 0 Å². The van der Waals surface area contributed by atoms with Gasteiger partial charge in [-0.3, -0.25) is 10.1 Å². The smallest absolute Gasteiger partial charge is 0.338 e. The van der Waals surface area contributed by atoms with Crippen molar-refractivity contribution in [3.63, 3.8) is 0 Å². The molecule has 0 aliphatic rings. The van der Waals surface area contributed by atoms with E-state index in [9.17, 15) is 14.9 Å². The maximum Gasteiger partial charge on any atom is 0.338 e. The Hall–Kier alpha value is -2.11. The molecule has 6 heteroatoms. The Labute approximate surface area is 150 Å². The Kier molecular flexibility index (Phi) is 10.3. The van der Waals surface area contributed by atoms with E-state index in [2.05, 4.69) is 12.2 Å². The average Bonchev–Trinajstić information content (AvgIpc) is 2.60. The fourth-order valence-corrected chi connectivity index (χ4v) is 2.66. The SMILES string of the molecule is CCCCCCCCCCNc1cc(C(=O)OCC)ccc1[N+](=O)[O-]. The standard InChI is InChI=1S/C19H30N2O4/c1-3-5-6-7-8-9-10-11-14-20-17-15-16(19(22)25-4-2)12-13-18(17)21(23)24/h12-13,15,20H,3-11,14H2,1-2H3. The zero-order chi connectivity index (χ0) is 18.5. The summed E-state index contributed by atoms with van der Waals surface area (Å²) in [6, 6.07) is 4.28. The van der Waals surface area contributed by atoms with Gasteiger partial charge in [-0.25, -0.2) is 4.79 Å². The highest BCUT2D eigenvalue weighted by Gasteiger charge is 2.17. The monoisotopic (exact) mass is 350 g/mol. The Morgan fingerprint density at radius 1 is 1.08 bits per heavy atom. The van der Waals surface area contributed by atoms with Crippen LogP contribution in [0.3, 0.4) is 0 Å². The van der Waals surface area contributed by atoms with Gasteiger partial charge in [0.1, 0.15) is 5.69 Å². The number of nitro benzene ring substituents is 1. The normalized spacial score (nSPS) is 10.5. The average molecular weight is 350 g/mol. The Morgan fingerprint density at radius 3 is 2.32 bits per heavy atom. The second-order valence-electron chi connectivity index (χ2n) is 6.11. The fourth-order valence-electron chi connectivity index (χ4n) is 2.66. The number of esters is 1. The molecule has 25 heavy (non-hydrogen) atoms. The minimum absolute atomic E-state index is 0.0207. The van der Waals surface area contributed by atoms with E-state index < -0.39 is 10.9 Å². The molecule has 1 rings (SSSR count). The summed E-state index contributed by atoms with van der Waals surface area (Å²) >= 11 is 0. The van der Waals surface area contributed by atoms with Crippen molar-refractivity contribution in [2.45, 2.75) is 65.2 Å². The van der Waals surface area contributed by atoms with Gasteiger partial charge in [-0.2, -0.15) is 0 Å². The molecule has 0 aromatic heterocycles. The van der Waals surface area contributed by atoms with Crippen molar-refractivity contribution in [2.24, 2.45) is 0 Å². The number of ether oxygens (including phenoxy) is 1. The largest absolute Gasteiger partial charge is 0.462 e. The predicted molar refractivity (Wildman–Crippen MR) is 100 cm³/mol. The van der Waals surface area contributed by atoms with Crippen molar-refractivity contribution >= 4 is 17.3 Å². The number of nitro groups is 1. The van der Waals surface area contributed by atoms with E-state index in [-0.39, 0.29) is 12.3 Å². The molecular formula is C19H30N2O4. The maximum absolute atomic E-state index is 11.8. The first-order chi connectivity index (χ1) is 12.1. The molecule has 0 unspecified atom stereocenters. The zero-order valence-electron chi connectivity index (χ0n) is 15.4. The summed E-state index contributed by atoms with van der Waals surface area (Å²) in [6.07, 6.45) is 9.65. The Morgan fingerprint density at radius 2 is 1.72 bits per heavy atom. The van der Waals surface area contributed by atoms with Gasteiger partial charge in [0, 0.05) is 12.6 Å². The third-order valence-corrected chi connectivity index (χ3v) is 4.05. The lowest BCUT2D eigenvalue weighted by molar-refractivity contribution is -0.384. The molecule has 1 aromatic carbocycles. The minimum atomic E-state index is -0.465. The van der Waals surface area contributed by atoms with Crippen molar-refractivity contribution in [1.82, 2.24) is 0 Å². The van der Waals surface area contributed by atoms with Crippen molar-refractivity contribution in [3.8, 4) is 0 Å². The van der Waals surface area contributed by atoms with Gasteiger partial charge in [-0.05, 0) is 25.5 Å². The first kappa shape index (κ1) is 20.9. The van der Waals surface area contributed by atoms with Crippen LogP contribution in [0.4, 0.5) is 11.4 Å². The van der Waals surface area contributed by atoms with E-state index in [4.69, 9.17) is 4.74 Å². The molecule has 0 bridgehead atoms. The molecule has 0 aliphatic heterocycles. The number of anilines is 1. The molecular weight excluding hydrogens is 320 g/mol. The molecule has 0 fully saturated rings. The van der Waals surface area contributed by atoms with E-state index in [1.807, 2.05) is 0 Å². The summed E-state index contributed by atoms with van der Waals surface area (Å²) in [5.74, 6) is -0.465. The highest BCUT2D eigenvalue weighted by Crippen LogP contribution is 2.26. The van der Waals surface area contributed by atoms with Crippen LogP contribution in [-0.2, 0) is 4.74 Å². The van der Waals surface area contributed by atoms with E-state index in [1.165, 1.54) is 56.7 Å². The van der Waals surface area contributed by atoms with Crippen LogP contribution < -0.4 is 5.32 Å². The number of benzene rings is 1. The van der Waals surface area contributed by atoms with Crippen LogP contribution in [0.5, 0.6) is 0 Å². The van der Waals surface area contributed by atoms with Crippen LogP contribution in [0, 0.1) is 10.1 Å². The third kappa shape index (κ3) is 8.01. The summed E-state index contributed by atoms with van der Waals surface area (Å²) < 4.78 is 4.94. The number of hydrogen-bond donors (Lipinski definition) is 1. The Balaban J connectivity index is 2.46. The molecule has 0 radical (unpaired) electrons. The molecule has 0 saturated heterocycles. The number of hydrogen-bond acceptors (Lipinski definition) is 5. The molecule has 0 amide bonds. The van der Waals surface area contributed by atoms with Gasteiger partial charge in [0.05, 0.1) is 17.1 Å². The second-order valence-corrected chi connectivity index (χ2v) is 6.11. The first-order valence-corrected chi connectivity index (χ1v) is 9.29. The molecule has 0 spiro atoms. The number of unbranched alkanes of at least 4 members (excludes halogenated alkanes) is 7. The second kappa shape index (κ2) is 12.3. The lowest BCUT2D eigenvalue weighted by Crippen LogP contribution is -2.08. The van der Waals surface area contributed by atoms with Crippen molar-refractivity contribution in [1.29, 1.82) is 0 Å². The lowest BCUT2D eigenvalue weighted by Gasteiger charge is -2.09. The summed E-state index contributed by atoms with van der Waals surface area (Å²) in [5.41, 5.74) is 0.678. The highest BCUT2D eigenvalue weighted by atomic mass is 16.6. The number of nitrogens with one attached hydrogen (secondary N) is 1. The number of carbonyl (C=O) groups excluding carboxylic acids is 1. The van der Waals surface area contributed by atoms with E-state index in [0.29, 0.717) is 17.8 Å². The molecule has 0 heterocycles. The van der Waals surface area contributed by atoms with Gasteiger partial charge < -0.3 is 10.1 Å². The van der Waals surface area contributed by atoms with Crippen LogP contribution in [-0.4, -0.2) is 24.0 Å². The first-order valence-electron chi connectivity index (χ1n) is 9.29. The van der Waals surface area contributed by atoms with Gasteiger partial charge in [0.25, 0.3) is 5.69 Å². The Bertz CT molecular complexity index is 546. The molecule has 0 saturated carbocycles. The molecule has 1 N–H and O–H groups in total. The molecule has 6 nitrogen and oxygen atoms in total. The topological polar surface area (TPSA) is 81.5 Å². The highest BCUT2D eigenvalue weighted by molar-refractivity contribution is 5.91. The van der Waals surface area contributed by atoms with Gasteiger partial charge >= 0.3 is 5.97 Å². The van der Waals surface area contributed by atoms with Gasteiger partial charge in [-0.1, -0.05) is 51.9 Å². The van der Waals surface area contributed by atoms with E-state index in [1.54, 1.807) is 6.92 Å². The fraction of sp³-hybridized carbons (Fsp3) is 0.632. The number of rotatable bonds is 13. The van der Waals surface area contributed by atoms with Gasteiger partial charge in [0.15, 0.2) is 0 Å². The quantitative estimate of drug-likeness (QED) is 0.225. The molecule has 140 valence electrons. The predicted octanol–water partition coefficient (Wildman–Crippen LogP) is 5.32. The van der Waals surface area contributed by atoms with Crippen LogP contribution in [0.15, 0.2) is 18.2 Å². The summed E-state index contributed by atoms with van der Waals surface area (Å²) in [7, 11) is 0. The van der Waals surface area contributed by atoms with Crippen molar-refractivity contribution in [2.75, 3.05) is 18.5 Å². The van der Waals surface area contributed by atoms with Crippen molar-refractivity contribution < 1.29 is 14.5 Å². The minimum Gasteiger partial charge on any atom is -0.462 e. The summed E-state index contributed by atoms with van der Waals surface area (Å²) in [4.78, 5) is 22.5. The van der Waals surface area contributed by atoms with Crippen LogP contribution >= 0.6 is 0 Å². The molecule has 0 atom stereocenters. The van der Waals surface area contributed by atoms with Crippen molar-refractivity contribution in [3.05, 3.63) is 33.9 Å². The van der Waals surface area contributed by atoms with Crippen LogP contribution in [0.1, 0.15) is 75.6 Å². The summed E-state index contributed by atoms with van der Waals surface area (Å²) in [6.45, 7) is 4.87. The zero-order valence-corrected chi connectivity index (χ0v) is 15.4. The third-order valence-electron chi connectivity index (χ3n) is 4.05. The summed E-state index contributed by atoms with van der Waals surface area (Å²) in [5, 5.41) is 14.2. The number of nitrogens with zero attached hydrogens (tertiary/aromatic N) is 1. The molecule has 0 aliphatic carbocycles. The maximum atomic E-state index is 11.8. The van der Waals surface area contributed by atoms with Crippen LogP contribution in [0.25, 0.3) is 0 Å². The molecule has 1 aromatic rings. The van der Waals surface area contributed by atoms with Crippen LogP contribution in [0.2, 0.25) is 0 Å².